The zero-order valence-electron chi connectivity index (χ0n) is 14.3. The summed E-state index contributed by atoms with van der Waals surface area (Å²) in [6, 6.07) is 18.6. The number of aliphatic hydroxyl groups excluding tert-OH is 1. The molecule has 0 amide bonds. The van der Waals surface area contributed by atoms with Crippen molar-refractivity contribution in [3.63, 3.8) is 0 Å². The van der Waals surface area contributed by atoms with E-state index >= 15 is 0 Å². The largest absolute Gasteiger partial charge is 0.491 e. The molecule has 2 aromatic carbocycles. The van der Waals surface area contributed by atoms with E-state index in [1.807, 2.05) is 49.4 Å². The molecule has 3 heteroatoms. The molecule has 23 heavy (non-hydrogen) atoms. The normalized spacial score (nSPS) is 12.6. The lowest BCUT2D eigenvalue weighted by atomic mass is 10.1. The minimum atomic E-state index is -0.512. The number of aryl methyl sites for hydroxylation is 1. The molecule has 0 aliphatic rings. The van der Waals surface area contributed by atoms with E-state index in [4.69, 9.17) is 4.74 Å². The molecule has 0 aromatic heterocycles. The second-order valence-corrected chi connectivity index (χ2v) is 6.29. The Hall–Kier alpha value is -1.84. The van der Waals surface area contributed by atoms with Crippen molar-refractivity contribution in [2.75, 3.05) is 13.2 Å². The molecule has 2 rings (SSSR count). The van der Waals surface area contributed by atoms with Crippen LogP contribution in [0.5, 0.6) is 5.75 Å². The van der Waals surface area contributed by atoms with Gasteiger partial charge >= 0.3 is 0 Å². The minimum Gasteiger partial charge on any atom is -0.491 e. The van der Waals surface area contributed by atoms with Gasteiger partial charge in [0.25, 0.3) is 0 Å². The predicted octanol–water partition coefficient (Wildman–Crippen LogP) is 3.65. The molecule has 0 aliphatic heterocycles. The van der Waals surface area contributed by atoms with Gasteiger partial charge in [0.2, 0.25) is 0 Å². The fourth-order valence-electron chi connectivity index (χ4n) is 2.50. The summed E-state index contributed by atoms with van der Waals surface area (Å²) in [6.45, 7) is 8.07. The topological polar surface area (TPSA) is 32.7 Å². The molecule has 2 aromatic rings. The zero-order chi connectivity index (χ0) is 16.7. The summed E-state index contributed by atoms with van der Waals surface area (Å²) in [5, 5.41) is 10.3. The van der Waals surface area contributed by atoms with Crippen molar-refractivity contribution in [1.82, 2.24) is 4.90 Å². The third kappa shape index (κ3) is 6.05. The maximum absolute atomic E-state index is 10.3. The van der Waals surface area contributed by atoms with Gasteiger partial charge in [-0.25, -0.2) is 0 Å². The number of rotatable bonds is 8. The Morgan fingerprint density at radius 3 is 2.43 bits per heavy atom. The van der Waals surface area contributed by atoms with Crippen LogP contribution in [0.15, 0.2) is 54.6 Å². The third-order valence-corrected chi connectivity index (χ3v) is 3.84. The average Bonchev–Trinajstić information content (AvgIpc) is 2.53. The molecule has 0 heterocycles. The summed E-state index contributed by atoms with van der Waals surface area (Å²) in [6.07, 6.45) is -0.512. The number of ether oxygens (including phenoxy) is 1. The fourth-order valence-corrected chi connectivity index (χ4v) is 2.50. The van der Waals surface area contributed by atoms with Gasteiger partial charge in [-0.3, -0.25) is 4.90 Å². The van der Waals surface area contributed by atoms with Crippen LogP contribution in [0.1, 0.15) is 25.0 Å². The molecule has 1 N–H and O–H groups in total. The van der Waals surface area contributed by atoms with Crippen LogP contribution in [-0.2, 0) is 6.54 Å². The van der Waals surface area contributed by atoms with Crippen LogP contribution in [0.25, 0.3) is 0 Å². The van der Waals surface area contributed by atoms with Gasteiger partial charge in [0.05, 0.1) is 0 Å². The molecule has 0 saturated carbocycles. The van der Waals surface area contributed by atoms with E-state index in [-0.39, 0.29) is 0 Å². The molecule has 3 nitrogen and oxygen atoms in total. The molecular weight excluding hydrogens is 286 g/mol. The highest BCUT2D eigenvalue weighted by molar-refractivity contribution is 5.27. The molecule has 0 saturated heterocycles. The molecule has 0 aliphatic carbocycles. The highest BCUT2D eigenvalue weighted by Crippen LogP contribution is 2.13. The molecule has 0 spiro atoms. The van der Waals surface area contributed by atoms with E-state index in [1.165, 1.54) is 5.56 Å². The van der Waals surface area contributed by atoms with Gasteiger partial charge in [-0.05, 0) is 44.0 Å². The van der Waals surface area contributed by atoms with Gasteiger partial charge in [0.15, 0.2) is 0 Å². The zero-order valence-corrected chi connectivity index (χ0v) is 14.3. The van der Waals surface area contributed by atoms with Crippen molar-refractivity contribution >= 4 is 0 Å². The van der Waals surface area contributed by atoms with E-state index < -0.39 is 6.10 Å². The molecule has 0 fully saturated rings. The number of hydrogen-bond donors (Lipinski definition) is 1. The Labute approximate surface area is 139 Å². The lowest BCUT2D eigenvalue weighted by molar-refractivity contribution is 0.0543. The van der Waals surface area contributed by atoms with E-state index in [0.717, 1.165) is 17.9 Å². The van der Waals surface area contributed by atoms with Crippen LogP contribution < -0.4 is 4.74 Å². The quantitative estimate of drug-likeness (QED) is 0.807. The highest BCUT2D eigenvalue weighted by Gasteiger charge is 2.15. The Morgan fingerprint density at radius 1 is 1.04 bits per heavy atom. The van der Waals surface area contributed by atoms with Crippen LogP contribution in [0, 0.1) is 6.92 Å². The first kappa shape index (κ1) is 17.5. The predicted molar refractivity (Wildman–Crippen MR) is 94.7 cm³/mol. The van der Waals surface area contributed by atoms with Crippen molar-refractivity contribution in [3.05, 3.63) is 65.7 Å². The molecule has 0 bridgehead atoms. The first-order chi connectivity index (χ1) is 11.0. The van der Waals surface area contributed by atoms with Crippen molar-refractivity contribution in [2.24, 2.45) is 0 Å². The van der Waals surface area contributed by atoms with Gasteiger partial charge in [0, 0.05) is 19.1 Å². The Balaban J connectivity index is 1.86. The minimum absolute atomic E-state index is 0.307. The maximum atomic E-state index is 10.3. The number of hydrogen-bond acceptors (Lipinski definition) is 3. The van der Waals surface area contributed by atoms with Crippen molar-refractivity contribution in [2.45, 2.75) is 39.5 Å². The second kappa shape index (κ2) is 8.70. The Kier molecular flexibility index (Phi) is 6.63. The lowest BCUT2D eigenvalue weighted by Crippen LogP contribution is -2.39. The number of aliphatic hydroxyl groups is 1. The highest BCUT2D eigenvalue weighted by atomic mass is 16.5. The maximum Gasteiger partial charge on any atom is 0.119 e. The van der Waals surface area contributed by atoms with Crippen molar-refractivity contribution < 1.29 is 9.84 Å². The van der Waals surface area contributed by atoms with Crippen LogP contribution >= 0.6 is 0 Å². The summed E-state index contributed by atoms with van der Waals surface area (Å²) in [7, 11) is 0. The van der Waals surface area contributed by atoms with E-state index in [1.54, 1.807) is 0 Å². The van der Waals surface area contributed by atoms with E-state index in [0.29, 0.717) is 19.2 Å². The van der Waals surface area contributed by atoms with Gasteiger partial charge in [0.1, 0.15) is 18.5 Å². The van der Waals surface area contributed by atoms with Gasteiger partial charge in [-0.1, -0.05) is 42.5 Å². The standard InChI is InChI=1S/C20H27NO2/c1-16(2)21(13-18-9-5-4-6-10-18)14-19(22)15-23-20-11-7-8-17(3)12-20/h4-12,16,19,22H,13-15H2,1-3H3/t19-/m1/s1. The van der Waals surface area contributed by atoms with Crippen LogP contribution in [0.3, 0.4) is 0 Å². The van der Waals surface area contributed by atoms with Gasteiger partial charge in [-0.15, -0.1) is 0 Å². The Bertz CT molecular complexity index is 583. The summed E-state index contributed by atoms with van der Waals surface area (Å²) in [5.74, 6) is 0.809. The first-order valence-electron chi connectivity index (χ1n) is 8.20. The van der Waals surface area contributed by atoms with Crippen LogP contribution in [0.4, 0.5) is 0 Å². The summed E-state index contributed by atoms with van der Waals surface area (Å²) >= 11 is 0. The smallest absolute Gasteiger partial charge is 0.119 e. The number of benzene rings is 2. The van der Waals surface area contributed by atoms with E-state index in [2.05, 4.69) is 30.9 Å². The van der Waals surface area contributed by atoms with Gasteiger partial charge < -0.3 is 9.84 Å². The molecule has 1 atom stereocenters. The molecule has 0 unspecified atom stereocenters. The average molecular weight is 313 g/mol. The summed E-state index contributed by atoms with van der Waals surface area (Å²) < 4.78 is 5.70. The first-order valence-corrected chi connectivity index (χ1v) is 8.20. The van der Waals surface area contributed by atoms with Gasteiger partial charge in [-0.2, -0.15) is 0 Å². The molecular formula is C20H27NO2. The lowest BCUT2D eigenvalue weighted by Gasteiger charge is -2.28. The molecule has 0 radical (unpaired) electrons. The Morgan fingerprint density at radius 2 is 1.78 bits per heavy atom. The fraction of sp³-hybridized carbons (Fsp3) is 0.400. The van der Waals surface area contributed by atoms with E-state index in [9.17, 15) is 5.11 Å². The van der Waals surface area contributed by atoms with Crippen LogP contribution in [0.2, 0.25) is 0 Å². The molecule has 124 valence electrons. The SMILES string of the molecule is Cc1cccc(OC[C@H](O)CN(Cc2ccccc2)C(C)C)c1. The van der Waals surface area contributed by atoms with Crippen molar-refractivity contribution in [3.8, 4) is 5.75 Å². The summed E-state index contributed by atoms with van der Waals surface area (Å²) in [4.78, 5) is 2.26. The second-order valence-electron chi connectivity index (χ2n) is 6.29. The number of nitrogens with zero attached hydrogens (tertiary/aromatic N) is 1. The van der Waals surface area contributed by atoms with Crippen molar-refractivity contribution in [1.29, 1.82) is 0 Å². The monoisotopic (exact) mass is 313 g/mol. The third-order valence-electron chi connectivity index (χ3n) is 3.84. The van der Waals surface area contributed by atoms with Crippen LogP contribution in [-0.4, -0.2) is 35.3 Å². The summed E-state index contributed by atoms with van der Waals surface area (Å²) in [5.41, 5.74) is 2.41.